The Morgan fingerprint density at radius 2 is 2.17 bits per heavy atom. The van der Waals surface area contributed by atoms with Crippen LogP contribution >= 0.6 is 0 Å². The van der Waals surface area contributed by atoms with Crippen LogP contribution in [0.3, 0.4) is 0 Å². The number of aryl methyl sites for hydroxylation is 1. The van der Waals surface area contributed by atoms with Crippen LogP contribution in [-0.4, -0.2) is 47.6 Å². The summed E-state index contributed by atoms with van der Waals surface area (Å²) >= 11 is 0. The molecule has 0 aliphatic rings. The number of rotatable bonds is 8. The molecule has 2 aromatic rings. The highest BCUT2D eigenvalue weighted by Crippen LogP contribution is 2.15. The number of hydrogen-bond acceptors (Lipinski definition) is 6. The molecular weight excluding hydrogens is 296 g/mol. The number of carbonyl (C=O) groups excluding carboxylic acids is 1. The van der Waals surface area contributed by atoms with Gasteiger partial charge in [0.15, 0.2) is 0 Å². The van der Waals surface area contributed by atoms with Crippen molar-refractivity contribution < 1.29 is 14.3 Å². The van der Waals surface area contributed by atoms with E-state index in [1.807, 2.05) is 23.9 Å². The fourth-order valence-corrected chi connectivity index (χ4v) is 2.14. The molecule has 0 unspecified atom stereocenters. The highest BCUT2D eigenvalue weighted by molar-refractivity contribution is 5.89. The molecule has 0 aliphatic heterocycles. The Labute approximate surface area is 135 Å². The average molecular weight is 318 g/mol. The zero-order valence-corrected chi connectivity index (χ0v) is 13.7. The van der Waals surface area contributed by atoms with Gasteiger partial charge < -0.3 is 14.4 Å². The Bertz CT molecular complexity index is 625. The molecule has 2 aromatic heterocycles. The molecule has 0 aromatic carbocycles. The van der Waals surface area contributed by atoms with Crippen molar-refractivity contribution in [3.63, 3.8) is 0 Å². The first-order chi connectivity index (χ1) is 11.2. The number of aromatic nitrogens is 3. The van der Waals surface area contributed by atoms with Crippen molar-refractivity contribution in [3.05, 3.63) is 41.9 Å². The number of carbonyl (C=O) groups is 1. The monoisotopic (exact) mass is 318 g/mol. The van der Waals surface area contributed by atoms with Crippen molar-refractivity contribution in [2.75, 3.05) is 31.8 Å². The topological polar surface area (TPSA) is 69.5 Å². The number of nitrogens with zero attached hydrogens (tertiary/aromatic N) is 4. The standard InChI is InChI=1S/C16H22N4O3/c1-4-23-16(21)13-5-6-15(17-11-13)20(9-10-22-3)12-14-7-8-18-19(14)2/h5-8,11H,4,9-10,12H2,1-3H3. The Hall–Kier alpha value is -2.41. The molecule has 0 atom stereocenters. The molecule has 0 N–H and O–H groups in total. The molecule has 0 radical (unpaired) electrons. The molecule has 0 aliphatic carbocycles. The van der Waals surface area contributed by atoms with Gasteiger partial charge in [-0.05, 0) is 25.1 Å². The Balaban J connectivity index is 2.14. The second-order valence-corrected chi connectivity index (χ2v) is 4.99. The zero-order chi connectivity index (χ0) is 16.7. The fourth-order valence-electron chi connectivity index (χ4n) is 2.14. The van der Waals surface area contributed by atoms with Crippen LogP contribution in [0.1, 0.15) is 23.0 Å². The summed E-state index contributed by atoms with van der Waals surface area (Å²) in [5.74, 6) is 0.415. The lowest BCUT2D eigenvalue weighted by Gasteiger charge is -2.23. The molecule has 2 rings (SSSR count). The van der Waals surface area contributed by atoms with E-state index in [2.05, 4.69) is 15.0 Å². The first-order valence-electron chi connectivity index (χ1n) is 7.49. The highest BCUT2D eigenvalue weighted by Gasteiger charge is 2.13. The van der Waals surface area contributed by atoms with E-state index in [0.29, 0.717) is 31.9 Å². The van der Waals surface area contributed by atoms with Crippen LogP contribution in [0.4, 0.5) is 5.82 Å². The van der Waals surface area contributed by atoms with Crippen LogP contribution in [0, 0.1) is 0 Å². The molecule has 0 saturated heterocycles. The number of pyridine rings is 1. The summed E-state index contributed by atoms with van der Waals surface area (Å²) in [6.07, 6.45) is 3.30. The van der Waals surface area contributed by atoms with Crippen LogP contribution in [-0.2, 0) is 23.1 Å². The maximum absolute atomic E-state index is 11.7. The lowest BCUT2D eigenvalue weighted by molar-refractivity contribution is 0.0526. The van der Waals surface area contributed by atoms with E-state index in [-0.39, 0.29) is 5.97 Å². The molecule has 7 nitrogen and oxygen atoms in total. The molecule has 0 amide bonds. The van der Waals surface area contributed by atoms with Gasteiger partial charge in [-0.25, -0.2) is 9.78 Å². The molecule has 0 fully saturated rings. The van der Waals surface area contributed by atoms with E-state index in [1.165, 1.54) is 6.20 Å². The summed E-state index contributed by atoms with van der Waals surface area (Å²) in [5.41, 5.74) is 1.51. The molecule has 23 heavy (non-hydrogen) atoms. The largest absolute Gasteiger partial charge is 0.462 e. The van der Waals surface area contributed by atoms with Gasteiger partial charge in [-0.3, -0.25) is 4.68 Å². The number of methoxy groups -OCH3 is 1. The van der Waals surface area contributed by atoms with E-state index < -0.39 is 0 Å². The van der Waals surface area contributed by atoms with Gasteiger partial charge in [-0.1, -0.05) is 0 Å². The van der Waals surface area contributed by atoms with Crippen LogP contribution in [0.2, 0.25) is 0 Å². The molecule has 0 spiro atoms. The van der Waals surface area contributed by atoms with E-state index in [1.54, 1.807) is 26.3 Å². The van der Waals surface area contributed by atoms with Gasteiger partial charge in [0.1, 0.15) is 5.82 Å². The summed E-state index contributed by atoms with van der Waals surface area (Å²) in [6.45, 7) is 4.05. The number of hydrogen-bond donors (Lipinski definition) is 0. The SMILES string of the molecule is CCOC(=O)c1ccc(N(CCOC)Cc2ccnn2C)nc1. The van der Waals surface area contributed by atoms with E-state index in [0.717, 1.165) is 11.5 Å². The summed E-state index contributed by atoms with van der Waals surface area (Å²) in [5, 5.41) is 4.18. The summed E-state index contributed by atoms with van der Waals surface area (Å²) in [6, 6.07) is 5.51. The Morgan fingerprint density at radius 1 is 1.35 bits per heavy atom. The van der Waals surface area contributed by atoms with Crippen LogP contribution in [0.5, 0.6) is 0 Å². The molecule has 7 heteroatoms. The lowest BCUT2D eigenvalue weighted by Crippen LogP contribution is -2.28. The Morgan fingerprint density at radius 3 is 2.74 bits per heavy atom. The van der Waals surface area contributed by atoms with Crippen molar-refractivity contribution in [3.8, 4) is 0 Å². The third-order valence-electron chi connectivity index (χ3n) is 3.42. The first kappa shape index (κ1) is 17.0. The van der Waals surface area contributed by atoms with Gasteiger partial charge in [0, 0.05) is 33.1 Å². The number of esters is 1. The van der Waals surface area contributed by atoms with E-state index in [4.69, 9.17) is 9.47 Å². The second-order valence-electron chi connectivity index (χ2n) is 4.99. The molecule has 0 saturated carbocycles. The van der Waals surface area contributed by atoms with Crippen molar-refractivity contribution in [2.24, 2.45) is 7.05 Å². The normalized spacial score (nSPS) is 10.6. The third-order valence-corrected chi connectivity index (χ3v) is 3.42. The molecular formula is C16H22N4O3. The lowest BCUT2D eigenvalue weighted by atomic mass is 10.2. The van der Waals surface area contributed by atoms with Gasteiger partial charge in [-0.15, -0.1) is 0 Å². The quantitative estimate of drug-likeness (QED) is 0.689. The zero-order valence-electron chi connectivity index (χ0n) is 13.7. The highest BCUT2D eigenvalue weighted by atomic mass is 16.5. The van der Waals surface area contributed by atoms with Crippen molar-refractivity contribution in [1.82, 2.24) is 14.8 Å². The third kappa shape index (κ3) is 4.53. The van der Waals surface area contributed by atoms with Gasteiger partial charge in [-0.2, -0.15) is 5.10 Å². The summed E-state index contributed by atoms with van der Waals surface area (Å²) in [4.78, 5) is 18.2. The number of ether oxygens (including phenoxy) is 2. The minimum Gasteiger partial charge on any atom is -0.462 e. The molecule has 0 bridgehead atoms. The second kappa shape index (κ2) is 8.28. The molecule has 2 heterocycles. The van der Waals surface area contributed by atoms with Crippen LogP contribution in [0.15, 0.2) is 30.6 Å². The van der Waals surface area contributed by atoms with Crippen molar-refractivity contribution in [1.29, 1.82) is 0 Å². The smallest absolute Gasteiger partial charge is 0.339 e. The van der Waals surface area contributed by atoms with Crippen LogP contribution in [0.25, 0.3) is 0 Å². The van der Waals surface area contributed by atoms with Gasteiger partial charge in [0.2, 0.25) is 0 Å². The van der Waals surface area contributed by atoms with Crippen LogP contribution < -0.4 is 4.90 Å². The van der Waals surface area contributed by atoms with Gasteiger partial charge in [0.25, 0.3) is 0 Å². The minimum atomic E-state index is -0.360. The predicted octanol–water partition coefficient (Wildman–Crippen LogP) is 1.64. The van der Waals surface area contributed by atoms with E-state index in [9.17, 15) is 4.79 Å². The predicted molar refractivity (Wildman–Crippen MR) is 86.3 cm³/mol. The van der Waals surface area contributed by atoms with E-state index >= 15 is 0 Å². The Kier molecular flexibility index (Phi) is 6.10. The molecule has 124 valence electrons. The van der Waals surface area contributed by atoms with Gasteiger partial charge >= 0.3 is 5.97 Å². The van der Waals surface area contributed by atoms with Crippen molar-refractivity contribution >= 4 is 11.8 Å². The summed E-state index contributed by atoms with van der Waals surface area (Å²) in [7, 11) is 3.57. The number of anilines is 1. The summed E-state index contributed by atoms with van der Waals surface area (Å²) < 4.78 is 12.0. The fraction of sp³-hybridized carbons (Fsp3) is 0.438. The first-order valence-corrected chi connectivity index (χ1v) is 7.49. The maximum atomic E-state index is 11.7. The van der Waals surface area contributed by atoms with Gasteiger partial charge in [0.05, 0.1) is 31.0 Å². The average Bonchev–Trinajstić information content (AvgIpc) is 2.97. The minimum absolute atomic E-state index is 0.348. The maximum Gasteiger partial charge on any atom is 0.339 e. The van der Waals surface area contributed by atoms with Crippen molar-refractivity contribution in [2.45, 2.75) is 13.5 Å².